The van der Waals surface area contributed by atoms with Gasteiger partial charge in [-0.3, -0.25) is 14.6 Å². The topological polar surface area (TPSA) is 62.3 Å². The predicted octanol–water partition coefficient (Wildman–Crippen LogP) is 2.96. The summed E-state index contributed by atoms with van der Waals surface area (Å²) in [5.74, 6) is 0.106. The average Bonchev–Trinajstić information content (AvgIpc) is 3.16. The third-order valence-corrected chi connectivity index (χ3v) is 6.18. The van der Waals surface area contributed by atoms with Gasteiger partial charge in [-0.2, -0.15) is 11.3 Å². The van der Waals surface area contributed by atoms with Crippen molar-refractivity contribution in [2.45, 2.75) is 31.7 Å². The van der Waals surface area contributed by atoms with Crippen LogP contribution in [0, 0.1) is 5.41 Å². The van der Waals surface area contributed by atoms with E-state index in [2.05, 4.69) is 10.3 Å². The summed E-state index contributed by atoms with van der Waals surface area (Å²) >= 11 is 1.56. The van der Waals surface area contributed by atoms with Crippen LogP contribution in [0.15, 0.2) is 41.4 Å². The quantitative estimate of drug-likeness (QED) is 0.921. The number of aromatic nitrogens is 1. The van der Waals surface area contributed by atoms with Crippen molar-refractivity contribution >= 4 is 23.2 Å². The Kier molecular flexibility index (Phi) is 4.29. The molecule has 2 amide bonds. The lowest BCUT2D eigenvalue weighted by molar-refractivity contribution is 0.00865. The van der Waals surface area contributed by atoms with Crippen molar-refractivity contribution in [3.8, 4) is 0 Å². The Labute approximate surface area is 151 Å². The van der Waals surface area contributed by atoms with Gasteiger partial charge >= 0.3 is 0 Å². The van der Waals surface area contributed by atoms with Crippen molar-refractivity contribution in [1.82, 2.24) is 15.2 Å². The molecule has 6 heteroatoms. The van der Waals surface area contributed by atoms with Gasteiger partial charge < -0.3 is 10.2 Å². The minimum atomic E-state index is -0.0435. The molecule has 1 aliphatic carbocycles. The summed E-state index contributed by atoms with van der Waals surface area (Å²) in [5, 5.41) is 6.96. The molecule has 2 aliphatic rings. The molecule has 3 heterocycles. The Bertz CT molecular complexity index is 744. The molecule has 1 spiro atoms. The molecule has 0 atom stereocenters. The van der Waals surface area contributed by atoms with Crippen LogP contribution in [-0.2, 0) is 0 Å². The van der Waals surface area contributed by atoms with Crippen LogP contribution in [0.5, 0.6) is 0 Å². The zero-order valence-corrected chi connectivity index (χ0v) is 14.8. The summed E-state index contributed by atoms with van der Waals surface area (Å²) in [5.41, 5.74) is 1.72. The number of thiophene rings is 1. The first kappa shape index (κ1) is 16.3. The zero-order chi connectivity index (χ0) is 17.3. The second kappa shape index (κ2) is 6.59. The van der Waals surface area contributed by atoms with Crippen molar-refractivity contribution in [3.63, 3.8) is 0 Å². The average molecular weight is 355 g/mol. The van der Waals surface area contributed by atoms with Crippen LogP contribution in [-0.4, -0.2) is 40.8 Å². The Hall–Kier alpha value is -2.21. The number of pyridine rings is 1. The molecule has 130 valence electrons. The number of carbonyl (C=O) groups excluding carboxylic acids is 2. The maximum Gasteiger partial charge on any atom is 0.254 e. The second-order valence-corrected chi connectivity index (χ2v) is 7.90. The lowest BCUT2D eigenvalue weighted by Gasteiger charge is -2.52. The molecule has 2 fully saturated rings. The maximum atomic E-state index is 12.4. The summed E-state index contributed by atoms with van der Waals surface area (Å²) in [4.78, 5) is 30.6. The van der Waals surface area contributed by atoms with Gasteiger partial charge in [0, 0.05) is 36.9 Å². The van der Waals surface area contributed by atoms with Gasteiger partial charge in [0.1, 0.15) is 0 Å². The smallest absolute Gasteiger partial charge is 0.254 e. The molecule has 4 rings (SSSR count). The molecule has 2 aromatic heterocycles. The van der Waals surface area contributed by atoms with E-state index >= 15 is 0 Å². The molecule has 5 nitrogen and oxygen atoms in total. The van der Waals surface area contributed by atoms with Crippen LogP contribution in [0.25, 0.3) is 0 Å². The molecule has 1 aliphatic heterocycles. The summed E-state index contributed by atoms with van der Waals surface area (Å²) in [6, 6.07) is 5.69. The summed E-state index contributed by atoms with van der Waals surface area (Å²) in [6.07, 6.45) is 7.35. The van der Waals surface area contributed by atoms with E-state index in [1.165, 1.54) is 0 Å². The van der Waals surface area contributed by atoms with Gasteiger partial charge in [0.25, 0.3) is 11.8 Å². The minimum Gasteiger partial charge on any atom is -0.349 e. The number of piperidine rings is 1. The van der Waals surface area contributed by atoms with Gasteiger partial charge in [-0.25, -0.2) is 0 Å². The number of amides is 2. The van der Waals surface area contributed by atoms with Gasteiger partial charge in [0.15, 0.2) is 0 Å². The first-order chi connectivity index (χ1) is 12.2. The number of carbonyl (C=O) groups is 2. The molecule has 25 heavy (non-hydrogen) atoms. The molecule has 0 aromatic carbocycles. The molecule has 1 N–H and O–H groups in total. The van der Waals surface area contributed by atoms with Gasteiger partial charge in [0.05, 0.1) is 11.1 Å². The summed E-state index contributed by atoms with van der Waals surface area (Å²) < 4.78 is 0. The highest BCUT2D eigenvalue weighted by atomic mass is 32.1. The minimum absolute atomic E-state index is 0.0435. The highest BCUT2D eigenvalue weighted by Crippen LogP contribution is 2.49. The van der Waals surface area contributed by atoms with Crippen molar-refractivity contribution < 1.29 is 9.59 Å². The van der Waals surface area contributed by atoms with Crippen LogP contribution in [0.4, 0.5) is 0 Å². The molecule has 1 saturated heterocycles. The van der Waals surface area contributed by atoms with E-state index in [0.717, 1.165) is 44.3 Å². The van der Waals surface area contributed by atoms with Crippen molar-refractivity contribution in [2.75, 3.05) is 13.1 Å². The molecule has 0 unspecified atom stereocenters. The lowest BCUT2D eigenvalue weighted by atomic mass is 9.60. The molecular formula is C19H21N3O2S. The van der Waals surface area contributed by atoms with E-state index < -0.39 is 0 Å². The molecule has 1 saturated carbocycles. The van der Waals surface area contributed by atoms with E-state index in [-0.39, 0.29) is 17.9 Å². The fraction of sp³-hybridized carbons (Fsp3) is 0.421. The Morgan fingerprint density at radius 3 is 2.64 bits per heavy atom. The predicted molar refractivity (Wildman–Crippen MR) is 96.6 cm³/mol. The SMILES string of the molecule is O=C(NC1CC2(CCN(C(=O)c3ccsc3)CC2)C1)c1cccnc1. The van der Waals surface area contributed by atoms with Crippen molar-refractivity contribution in [1.29, 1.82) is 0 Å². The fourth-order valence-corrected chi connectivity index (χ4v) is 4.64. The van der Waals surface area contributed by atoms with Gasteiger partial charge in [0.2, 0.25) is 0 Å². The number of hydrogen-bond acceptors (Lipinski definition) is 4. The van der Waals surface area contributed by atoms with E-state index in [4.69, 9.17) is 0 Å². The summed E-state index contributed by atoms with van der Waals surface area (Å²) in [7, 11) is 0. The lowest BCUT2D eigenvalue weighted by Crippen LogP contribution is -2.55. The van der Waals surface area contributed by atoms with Gasteiger partial charge in [-0.1, -0.05) is 0 Å². The number of rotatable bonds is 3. The second-order valence-electron chi connectivity index (χ2n) is 7.12. The van der Waals surface area contributed by atoms with Crippen molar-refractivity contribution in [3.05, 3.63) is 52.5 Å². The number of likely N-dealkylation sites (tertiary alicyclic amines) is 1. The first-order valence-corrected chi connectivity index (χ1v) is 9.62. The Morgan fingerprint density at radius 2 is 2.00 bits per heavy atom. The molecule has 2 aromatic rings. The van der Waals surface area contributed by atoms with Crippen LogP contribution in [0.2, 0.25) is 0 Å². The normalized spacial score (nSPS) is 19.4. The Balaban J connectivity index is 1.27. The maximum absolute atomic E-state index is 12.4. The monoisotopic (exact) mass is 355 g/mol. The van der Waals surface area contributed by atoms with E-state index in [1.807, 2.05) is 21.7 Å². The van der Waals surface area contributed by atoms with Crippen LogP contribution in [0.3, 0.4) is 0 Å². The van der Waals surface area contributed by atoms with Crippen molar-refractivity contribution in [2.24, 2.45) is 5.41 Å². The van der Waals surface area contributed by atoms with Crippen LogP contribution >= 0.6 is 11.3 Å². The number of hydrogen-bond donors (Lipinski definition) is 1. The highest BCUT2D eigenvalue weighted by molar-refractivity contribution is 7.08. The zero-order valence-electron chi connectivity index (χ0n) is 14.0. The Morgan fingerprint density at radius 1 is 1.20 bits per heavy atom. The van der Waals surface area contributed by atoms with E-state index in [1.54, 1.807) is 35.9 Å². The van der Waals surface area contributed by atoms with E-state index in [9.17, 15) is 9.59 Å². The number of nitrogens with zero attached hydrogens (tertiary/aromatic N) is 2. The fourth-order valence-electron chi connectivity index (χ4n) is 4.01. The van der Waals surface area contributed by atoms with Gasteiger partial charge in [-0.15, -0.1) is 0 Å². The third kappa shape index (κ3) is 3.31. The van der Waals surface area contributed by atoms with Crippen LogP contribution < -0.4 is 5.32 Å². The highest BCUT2D eigenvalue weighted by Gasteiger charge is 2.46. The van der Waals surface area contributed by atoms with E-state index in [0.29, 0.717) is 11.0 Å². The largest absolute Gasteiger partial charge is 0.349 e. The molecule has 0 radical (unpaired) electrons. The first-order valence-electron chi connectivity index (χ1n) is 8.68. The standard InChI is InChI=1S/C19H21N3O2S/c23-17(14-2-1-6-20-12-14)21-16-10-19(11-16)4-7-22(8-5-19)18(24)15-3-9-25-13-15/h1-3,6,9,12-13,16H,4-5,7-8,10-11H2,(H,21,23). The molecule has 0 bridgehead atoms. The van der Waals surface area contributed by atoms with Gasteiger partial charge in [-0.05, 0) is 54.7 Å². The third-order valence-electron chi connectivity index (χ3n) is 5.50. The van der Waals surface area contributed by atoms with Crippen LogP contribution in [0.1, 0.15) is 46.4 Å². The summed E-state index contributed by atoms with van der Waals surface area (Å²) in [6.45, 7) is 1.63. The number of nitrogens with one attached hydrogen (secondary N) is 1. The molecular weight excluding hydrogens is 334 g/mol.